The molecule has 2 aromatic rings. The molecule has 1 aliphatic heterocycles. The Bertz CT molecular complexity index is 937. The Morgan fingerprint density at radius 2 is 2.15 bits per heavy atom. The lowest BCUT2D eigenvalue weighted by Gasteiger charge is -2.32. The van der Waals surface area contributed by atoms with Crippen LogP contribution in [0.2, 0.25) is 0 Å². The predicted octanol–water partition coefficient (Wildman–Crippen LogP) is 1.57. The number of carbonyl (C=O) groups excluding carboxylic acids is 1. The summed E-state index contributed by atoms with van der Waals surface area (Å²) in [6.45, 7) is 3.26. The van der Waals surface area contributed by atoms with E-state index in [1.165, 1.54) is 23.0 Å². The molecule has 8 nitrogen and oxygen atoms in total. The van der Waals surface area contributed by atoms with Crippen LogP contribution in [0.15, 0.2) is 35.6 Å². The smallest absolute Gasteiger partial charge is 0.271 e. The van der Waals surface area contributed by atoms with Crippen molar-refractivity contribution < 1.29 is 13.2 Å². The van der Waals surface area contributed by atoms with Gasteiger partial charge in [-0.25, -0.2) is 13.4 Å². The second kappa shape index (κ2) is 7.05. The molecule has 27 heavy (non-hydrogen) atoms. The van der Waals surface area contributed by atoms with Crippen molar-refractivity contribution >= 4 is 15.9 Å². The summed E-state index contributed by atoms with van der Waals surface area (Å²) in [5.41, 5.74) is 0.344. The average molecular weight is 389 g/mol. The van der Waals surface area contributed by atoms with E-state index in [1.54, 1.807) is 25.4 Å². The SMILES string of the molecule is C[C@@H]1c2nc(C(=O)NCC3CCC3)cn2CCN1S(=O)(=O)c1cccnc1. The molecule has 0 saturated heterocycles. The minimum Gasteiger partial charge on any atom is -0.350 e. The van der Waals surface area contributed by atoms with Gasteiger partial charge < -0.3 is 9.88 Å². The topological polar surface area (TPSA) is 97.2 Å². The fourth-order valence-corrected chi connectivity index (χ4v) is 5.12. The van der Waals surface area contributed by atoms with Gasteiger partial charge in [-0.05, 0) is 37.8 Å². The number of carbonyl (C=O) groups is 1. The molecule has 1 fully saturated rings. The van der Waals surface area contributed by atoms with Crippen molar-refractivity contribution in [2.24, 2.45) is 5.92 Å². The highest BCUT2D eigenvalue weighted by Crippen LogP contribution is 2.30. The lowest BCUT2D eigenvalue weighted by Crippen LogP contribution is -2.41. The van der Waals surface area contributed by atoms with Crippen LogP contribution in [0.3, 0.4) is 0 Å². The molecule has 0 spiro atoms. The van der Waals surface area contributed by atoms with E-state index in [-0.39, 0.29) is 10.8 Å². The number of imidazole rings is 1. The van der Waals surface area contributed by atoms with Gasteiger partial charge in [-0.3, -0.25) is 9.78 Å². The highest BCUT2D eigenvalue weighted by Gasteiger charge is 2.36. The summed E-state index contributed by atoms with van der Waals surface area (Å²) in [6, 6.07) is 2.68. The first kappa shape index (κ1) is 18.1. The molecule has 9 heteroatoms. The molecule has 4 rings (SSSR count). The number of sulfonamides is 1. The zero-order chi connectivity index (χ0) is 19.0. The molecule has 1 atom stereocenters. The summed E-state index contributed by atoms with van der Waals surface area (Å²) >= 11 is 0. The third kappa shape index (κ3) is 3.37. The molecule has 0 bridgehead atoms. The largest absolute Gasteiger partial charge is 0.350 e. The third-order valence-electron chi connectivity index (χ3n) is 5.42. The zero-order valence-electron chi connectivity index (χ0n) is 15.2. The van der Waals surface area contributed by atoms with Gasteiger partial charge in [0.05, 0.1) is 6.04 Å². The second-order valence-corrected chi connectivity index (χ2v) is 9.06. The van der Waals surface area contributed by atoms with Crippen molar-refractivity contribution in [1.82, 2.24) is 24.2 Å². The second-order valence-electron chi connectivity index (χ2n) is 7.17. The highest BCUT2D eigenvalue weighted by atomic mass is 32.2. The molecule has 2 aromatic heterocycles. The van der Waals surface area contributed by atoms with Gasteiger partial charge in [-0.2, -0.15) is 4.31 Å². The first-order valence-corrected chi connectivity index (χ1v) is 10.7. The van der Waals surface area contributed by atoms with Crippen molar-refractivity contribution in [3.05, 3.63) is 42.2 Å². The number of hydrogen-bond acceptors (Lipinski definition) is 5. The Morgan fingerprint density at radius 3 is 2.81 bits per heavy atom. The van der Waals surface area contributed by atoms with Crippen LogP contribution in [0.25, 0.3) is 0 Å². The van der Waals surface area contributed by atoms with E-state index in [0.29, 0.717) is 37.1 Å². The van der Waals surface area contributed by atoms with Gasteiger partial charge >= 0.3 is 0 Å². The van der Waals surface area contributed by atoms with Gasteiger partial charge in [0.1, 0.15) is 16.4 Å². The van der Waals surface area contributed by atoms with Crippen LogP contribution in [-0.4, -0.2) is 46.3 Å². The Balaban J connectivity index is 1.53. The van der Waals surface area contributed by atoms with Crippen molar-refractivity contribution in [1.29, 1.82) is 0 Å². The van der Waals surface area contributed by atoms with Gasteiger partial charge in [-0.15, -0.1) is 0 Å². The quantitative estimate of drug-likeness (QED) is 0.837. The van der Waals surface area contributed by atoms with Gasteiger partial charge in [0, 0.05) is 38.2 Å². The number of nitrogens with zero attached hydrogens (tertiary/aromatic N) is 4. The summed E-state index contributed by atoms with van der Waals surface area (Å²) in [7, 11) is -3.67. The van der Waals surface area contributed by atoms with Crippen molar-refractivity contribution in [3.8, 4) is 0 Å². The maximum absolute atomic E-state index is 12.9. The fraction of sp³-hybridized carbons (Fsp3) is 0.500. The Hall–Kier alpha value is -2.26. The molecular weight excluding hydrogens is 366 g/mol. The Morgan fingerprint density at radius 1 is 1.33 bits per heavy atom. The van der Waals surface area contributed by atoms with Gasteiger partial charge in [0.15, 0.2) is 0 Å². The Labute approximate surface area is 158 Å². The van der Waals surface area contributed by atoms with E-state index in [0.717, 1.165) is 12.8 Å². The molecule has 1 amide bonds. The van der Waals surface area contributed by atoms with E-state index in [9.17, 15) is 13.2 Å². The molecular formula is C18H23N5O3S. The Kier molecular flexibility index (Phi) is 4.73. The summed E-state index contributed by atoms with van der Waals surface area (Å²) in [5, 5.41) is 2.94. The van der Waals surface area contributed by atoms with E-state index >= 15 is 0 Å². The maximum atomic E-state index is 12.9. The molecule has 1 aliphatic carbocycles. The van der Waals surface area contributed by atoms with Gasteiger partial charge in [0.25, 0.3) is 5.91 Å². The maximum Gasteiger partial charge on any atom is 0.271 e. The zero-order valence-corrected chi connectivity index (χ0v) is 16.0. The highest BCUT2D eigenvalue weighted by molar-refractivity contribution is 7.89. The predicted molar refractivity (Wildman–Crippen MR) is 98.4 cm³/mol. The van der Waals surface area contributed by atoms with E-state index < -0.39 is 16.1 Å². The van der Waals surface area contributed by atoms with E-state index in [2.05, 4.69) is 15.3 Å². The summed E-state index contributed by atoms with van der Waals surface area (Å²) in [6.07, 6.45) is 8.17. The number of rotatable bonds is 5. The van der Waals surface area contributed by atoms with Crippen LogP contribution in [0.1, 0.15) is 48.5 Å². The molecule has 0 unspecified atom stereocenters. The lowest BCUT2D eigenvalue weighted by atomic mass is 9.85. The molecule has 1 N–H and O–H groups in total. The molecule has 1 saturated carbocycles. The minimum absolute atomic E-state index is 0.162. The van der Waals surface area contributed by atoms with Crippen molar-refractivity contribution in [2.75, 3.05) is 13.1 Å². The number of aromatic nitrogens is 3. The van der Waals surface area contributed by atoms with Crippen LogP contribution in [0.4, 0.5) is 0 Å². The first-order chi connectivity index (χ1) is 13.0. The van der Waals surface area contributed by atoms with Crippen LogP contribution < -0.4 is 5.32 Å². The summed E-state index contributed by atoms with van der Waals surface area (Å²) < 4.78 is 29.2. The number of amides is 1. The van der Waals surface area contributed by atoms with Crippen LogP contribution in [0.5, 0.6) is 0 Å². The monoisotopic (exact) mass is 389 g/mol. The number of pyridine rings is 1. The van der Waals surface area contributed by atoms with Crippen LogP contribution >= 0.6 is 0 Å². The van der Waals surface area contributed by atoms with E-state index in [4.69, 9.17) is 0 Å². The normalized spacial score (nSPS) is 20.7. The van der Waals surface area contributed by atoms with E-state index in [1.807, 2.05) is 4.57 Å². The lowest BCUT2D eigenvalue weighted by molar-refractivity contribution is 0.0934. The molecule has 144 valence electrons. The van der Waals surface area contributed by atoms with Crippen LogP contribution in [0, 0.1) is 5.92 Å². The van der Waals surface area contributed by atoms with Crippen molar-refractivity contribution in [2.45, 2.75) is 43.7 Å². The average Bonchev–Trinajstić information content (AvgIpc) is 3.06. The first-order valence-electron chi connectivity index (χ1n) is 9.24. The summed E-state index contributed by atoms with van der Waals surface area (Å²) in [4.78, 5) is 20.9. The van der Waals surface area contributed by atoms with Gasteiger partial charge in [0.2, 0.25) is 10.0 Å². The standard InChI is InChI=1S/C18H23N5O3S/c1-13-17-21-16(18(24)20-10-14-4-2-5-14)12-22(17)8-9-23(13)27(25,26)15-6-3-7-19-11-15/h3,6-7,11-14H,2,4-5,8-10H2,1H3,(H,20,24)/t13-/m1/s1. The van der Waals surface area contributed by atoms with Crippen LogP contribution in [-0.2, 0) is 16.6 Å². The fourth-order valence-electron chi connectivity index (χ4n) is 3.57. The molecule has 0 aromatic carbocycles. The molecule has 3 heterocycles. The number of fused-ring (bicyclic) bond motifs is 1. The van der Waals surface area contributed by atoms with Gasteiger partial charge in [-0.1, -0.05) is 6.42 Å². The number of nitrogens with one attached hydrogen (secondary N) is 1. The molecule has 2 aliphatic rings. The molecule has 0 radical (unpaired) electrons. The third-order valence-corrected chi connectivity index (χ3v) is 7.38. The van der Waals surface area contributed by atoms with Crippen molar-refractivity contribution in [3.63, 3.8) is 0 Å². The number of hydrogen-bond donors (Lipinski definition) is 1. The minimum atomic E-state index is -3.67. The summed E-state index contributed by atoms with van der Waals surface area (Å²) in [5.74, 6) is 0.963.